The monoisotopic (exact) mass is 264 g/mol. The molecule has 2 rings (SSSR count). The number of benzene rings is 1. The van der Waals surface area contributed by atoms with Gasteiger partial charge in [-0.05, 0) is 12.1 Å². The van der Waals surface area contributed by atoms with E-state index in [1.165, 1.54) is 0 Å². The molecule has 19 heavy (non-hydrogen) atoms. The number of fused-ring (bicyclic) bond motifs is 1. The molecule has 1 aromatic carbocycles. The van der Waals surface area contributed by atoms with Gasteiger partial charge < -0.3 is 20.5 Å². The number of nitrogens with one attached hydrogen (secondary N) is 2. The van der Waals surface area contributed by atoms with Gasteiger partial charge in [0, 0.05) is 18.2 Å². The van der Waals surface area contributed by atoms with E-state index in [1.807, 2.05) is 0 Å². The molecule has 0 atom stereocenters. The van der Waals surface area contributed by atoms with Crippen molar-refractivity contribution in [1.82, 2.24) is 0 Å². The second-order valence-corrected chi connectivity index (χ2v) is 3.99. The standard InChI is InChI=1S/C12H12N2O5/c15-10(3-4-12(17)18)13-7-1-2-8-9(5-7)19-6-11(16)14-8/h1-2,5H,3-4,6H2,(H,13,15)(H,14,16)(H,17,18). The third kappa shape index (κ3) is 3.44. The number of ether oxygens (including phenoxy) is 1. The first-order valence-corrected chi connectivity index (χ1v) is 5.63. The molecular formula is C12H12N2O5. The largest absolute Gasteiger partial charge is 0.482 e. The first kappa shape index (κ1) is 12.9. The summed E-state index contributed by atoms with van der Waals surface area (Å²) in [6.07, 6.45) is -0.312. The van der Waals surface area contributed by atoms with E-state index >= 15 is 0 Å². The van der Waals surface area contributed by atoms with Crippen LogP contribution in [0, 0.1) is 0 Å². The van der Waals surface area contributed by atoms with Gasteiger partial charge in [-0.25, -0.2) is 0 Å². The summed E-state index contributed by atoms with van der Waals surface area (Å²) in [5.41, 5.74) is 1.03. The predicted octanol–water partition coefficient (Wildman–Crippen LogP) is 0.821. The highest BCUT2D eigenvalue weighted by molar-refractivity contribution is 5.97. The van der Waals surface area contributed by atoms with Crippen molar-refractivity contribution in [3.8, 4) is 5.75 Å². The minimum atomic E-state index is -1.02. The molecule has 0 radical (unpaired) electrons. The van der Waals surface area contributed by atoms with Crippen LogP contribution in [0.25, 0.3) is 0 Å². The van der Waals surface area contributed by atoms with Crippen molar-refractivity contribution in [2.45, 2.75) is 12.8 Å². The molecule has 7 nitrogen and oxygen atoms in total. The Morgan fingerprint density at radius 1 is 1.37 bits per heavy atom. The molecule has 0 aliphatic carbocycles. The summed E-state index contributed by atoms with van der Waals surface area (Å²) in [6, 6.07) is 4.79. The first-order chi connectivity index (χ1) is 9.04. The maximum absolute atomic E-state index is 11.5. The highest BCUT2D eigenvalue weighted by Gasteiger charge is 2.16. The molecule has 0 spiro atoms. The van der Waals surface area contributed by atoms with E-state index in [-0.39, 0.29) is 31.3 Å². The summed E-state index contributed by atoms with van der Waals surface area (Å²) < 4.78 is 5.20. The number of aliphatic carboxylic acids is 1. The predicted molar refractivity (Wildman–Crippen MR) is 66.1 cm³/mol. The molecule has 7 heteroatoms. The van der Waals surface area contributed by atoms with Gasteiger partial charge in [-0.2, -0.15) is 0 Å². The molecule has 0 fully saturated rings. The molecule has 0 saturated heterocycles. The van der Waals surface area contributed by atoms with Crippen molar-refractivity contribution in [3.05, 3.63) is 18.2 Å². The maximum Gasteiger partial charge on any atom is 0.303 e. The van der Waals surface area contributed by atoms with Crippen molar-refractivity contribution >= 4 is 29.2 Å². The maximum atomic E-state index is 11.5. The van der Waals surface area contributed by atoms with Crippen LogP contribution in [-0.2, 0) is 14.4 Å². The minimum absolute atomic E-state index is 0.0661. The van der Waals surface area contributed by atoms with Crippen molar-refractivity contribution in [1.29, 1.82) is 0 Å². The van der Waals surface area contributed by atoms with Crippen LogP contribution in [-0.4, -0.2) is 29.5 Å². The fraction of sp³-hybridized carbons (Fsp3) is 0.250. The zero-order valence-corrected chi connectivity index (χ0v) is 9.93. The molecule has 3 N–H and O–H groups in total. The summed E-state index contributed by atoms with van der Waals surface area (Å²) in [5.74, 6) is -1.17. The fourth-order valence-corrected chi connectivity index (χ4v) is 1.60. The smallest absolute Gasteiger partial charge is 0.303 e. The number of carbonyl (C=O) groups excluding carboxylic acids is 2. The van der Waals surface area contributed by atoms with E-state index in [0.29, 0.717) is 17.1 Å². The zero-order chi connectivity index (χ0) is 13.8. The third-order valence-corrected chi connectivity index (χ3v) is 2.46. The Morgan fingerprint density at radius 2 is 2.16 bits per heavy atom. The Hall–Kier alpha value is -2.57. The Kier molecular flexibility index (Phi) is 3.65. The zero-order valence-electron chi connectivity index (χ0n) is 9.93. The molecule has 0 bridgehead atoms. The number of carboxylic acid groups (broad SMARTS) is 1. The van der Waals surface area contributed by atoms with Crippen LogP contribution in [0.2, 0.25) is 0 Å². The van der Waals surface area contributed by atoms with Crippen LogP contribution in [0.4, 0.5) is 11.4 Å². The van der Waals surface area contributed by atoms with Crippen LogP contribution in [0.1, 0.15) is 12.8 Å². The van der Waals surface area contributed by atoms with Gasteiger partial charge >= 0.3 is 5.97 Å². The highest BCUT2D eigenvalue weighted by Crippen LogP contribution is 2.30. The molecule has 1 aliphatic rings. The Morgan fingerprint density at radius 3 is 2.89 bits per heavy atom. The lowest BCUT2D eigenvalue weighted by molar-refractivity contribution is -0.138. The van der Waals surface area contributed by atoms with E-state index in [2.05, 4.69) is 10.6 Å². The van der Waals surface area contributed by atoms with E-state index in [0.717, 1.165) is 0 Å². The number of anilines is 2. The van der Waals surface area contributed by atoms with E-state index < -0.39 is 5.97 Å². The van der Waals surface area contributed by atoms with Crippen LogP contribution < -0.4 is 15.4 Å². The van der Waals surface area contributed by atoms with Crippen molar-refractivity contribution in [2.24, 2.45) is 0 Å². The van der Waals surface area contributed by atoms with Crippen LogP contribution >= 0.6 is 0 Å². The first-order valence-electron chi connectivity index (χ1n) is 5.63. The lowest BCUT2D eigenvalue weighted by Crippen LogP contribution is -2.25. The Labute approximate surface area is 108 Å². The molecule has 0 unspecified atom stereocenters. The SMILES string of the molecule is O=C(O)CCC(=O)Nc1ccc2c(c1)OCC(=O)N2. The van der Waals surface area contributed by atoms with Crippen molar-refractivity contribution in [3.63, 3.8) is 0 Å². The number of rotatable bonds is 4. The Bertz CT molecular complexity index is 541. The average molecular weight is 264 g/mol. The van der Waals surface area contributed by atoms with Gasteiger partial charge in [0.15, 0.2) is 6.61 Å². The molecule has 1 aromatic rings. The molecule has 2 amide bonds. The van der Waals surface area contributed by atoms with Gasteiger partial charge in [-0.1, -0.05) is 0 Å². The lowest BCUT2D eigenvalue weighted by atomic mass is 10.2. The average Bonchev–Trinajstić information content (AvgIpc) is 2.36. The van der Waals surface area contributed by atoms with Crippen molar-refractivity contribution < 1.29 is 24.2 Å². The number of hydrogen-bond acceptors (Lipinski definition) is 4. The molecule has 0 aromatic heterocycles. The highest BCUT2D eigenvalue weighted by atomic mass is 16.5. The summed E-state index contributed by atoms with van der Waals surface area (Å²) in [4.78, 5) is 32.9. The quantitative estimate of drug-likeness (QED) is 0.746. The fourth-order valence-electron chi connectivity index (χ4n) is 1.60. The number of carbonyl (C=O) groups is 3. The van der Waals surface area contributed by atoms with Crippen LogP contribution in [0.3, 0.4) is 0 Å². The number of amides is 2. The van der Waals surface area contributed by atoms with E-state index in [4.69, 9.17) is 9.84 Å². The second-order valence-electron chi connectivity index (χ2n) is 3.99. The normalized spacial score (nSPS) is 12.9. The van der Waals surface area contributed by atoms with Gasteiger partial charge in [0.1, 0.15) is 5.75 Å². The summed E-state index contributed by atoms with van der Waals surface area (Å²) in [5, 5.41) is 13.7. The van der Waals surface area contributed by atoms with Gasteiger partial charge in [0.25, 0.3) is 5.91 Å². The molecule has 100 valence electrons. The van der Waals surface area contributed by atoms with E-state index in [9.17, 15) is 14.4 Å². The Balaban J connectivity index is 2.00. The topological polar surface area (TPSA) is 105 Å². The van der Waals surface area contributed by atoms with Gasteiger partial charge in [-0.3, -0.25) is 14.4 Å². The van der Waals surface area contributed by atoms with Crippen LogP contribution in [0.15, 0.2) is 18.2 Å². The number of carboxylic acids is 1. The minimum Gasteiger partial charge on any atom is -0.482 e. The molecule has 0 saturated carbocycles. The second kappa shape index (κ2) is 5.38. The summed E-state index contributed by atoms with van der Waals surface area (Å²) in [7, 11) is 0. The van der Waals surface area contributed by atoms with Gasteiger partial charge in [0.05, 0.1) is 12.1 Å². The summed E-state index contributed by atoms with van der Waals surface area (Å²) in [6.45, 7) is -0.0661. The van der Waals surface area contributed by atoms with Gasteiger partial charge in [0.2, 0.25) is 5.91 Å². The molecule has 1 heterocycles. The van der Waals surface area contributed by atoms with Gasteiger partial charge in [-0.15, -0.1) is 0 Å². The third-order valence-electron chi connectivity index (χ3n) is 2.46. The summed E-state index contributed by atoms with van der Waals surface area (Å²) >= 11 is 0. The van der Waals surface area contributed by atoms with Crippen molar-refractivity contribution in [2.75, 3.05) is 17.2 Å². The van der Waals surface area contributed by atoms with E-state index in [1.54, 1.807) is 18.2 Å². The lowest BCUT2D eigenvalue weighted by Gasteiger charge is -2.18. The molecular weight excluding hydrogens is 252 g/mol. The molecule has 1 aliphatic heterocycles. The van der Waals surface area contributed by atoms with Crippen LogP contribution in [0.5, 0.6) is 5.75 Å². The number of hydrogen-bond donors (Lipinski definition) is 3.